The number of rotatable bonds is 13. The SMILES string of the molecule is CCOc1ccc(NC(=O)[C@H]2[C@H]3C(=O)N(CCCCCCO)C(C(=O)NC(C)(C)CC(C)(C)C)C34CC[C@]2(C)O4)cc1. The monoisotopic (exact) mass is 585 g/mol. The summed E-state index contributed by atoms with van der Waals surface area (Å²) in [6.07, 6.45) is 5.01. The van der Waals surface area contributed by atoms with E-state index in [1.165, 1.54) is 0 Å². The lowest BCUT2D eigenvalue weighted by molar-refractivity contribution is -0.146. The van der Waals surface area contributed by atoms with Crippen LogP contribution in [0.25, 0.3) is 0 Å². The Kier molecular flexibility index (Phi) is 9.34. The summed E-state index contributed by atoms with van der Waals surface area (Å²) in [5.74, 6) is -1.40. The molecule has 0 saturated carbocycles. The molecule has 0 aromatic heterocycles. The lowest BCUT2D eigenvalue weighted by Gasteiger charge is -2.38. The third kappa shape index (κ3) is 6.47. The summed E-state index contributed by atoms with van der Waals surface area (Å²) in [7, 11) is 0. The van der Waals surface area contributed by atoms with Gasteiger partial charge < -0.3 is 30.1 Å². The normalized spacial score (nSPS) is 28.6. The summed E-state index contributed by atoms with van der Waals surface area (Å²) in [5, 5.41) is 15.4. The highest BCUT2D eigenvalue weighted by Crippen LogP contribution is 2.63. The molecule has 3 aliphatic rings. The van der Waals surface area contributed by atoms with Gasteiger partial charge >= 0.3 is 0 Å². The third-order valence-electron chi connectivity index (χ3n) is 8.98. The molecule has 234 valence electrons. The molecular weight excluding hydrogens is 534 g/mol. The Morgan fingerprint density at radius 3 is 2.33 bits per heavy atom. The zero-order chi connectivity index (χ0) is 30.9. The van der Waals surface area contributed by atoms with Gasteiger partial charge in [-0.25, -0.2) is 0 Å². The van der Waals surface area contributed by atoms with Crippen molar-refractivity contribution in [3.8, 4) is 5.75 Å². The lowest BCUT2D eigenvalue weighted by atomic mass is 9.66. The van der Waals surface area contributed by atoms with E-state index in [0.29, 0.717) is 50.3 Å². The number of amides is 3. The molecule has 0 radical (unpaired) electrons. The van der Waals surface area contributed by atoms with E-state index in [1.807, 2.05) is 27.7 Å². The molecule has 3 saturated heterocycles. The Morgan fingerprint density at radius 2 is 1.71 bits per heavy atom. The Morgan fingerprint density at radius 1 is 1.05 bits per heavy atom. The van der Waals surface area contributed by atoms with Crippen molar-refractivity contribution >= 4 is 23.4 Å². The maximum atomic E-state index is 14.3. The van der Waals surface area contributed by atoms with Crippen LogP contribution in [0.1, 0.15) is 93.4 Å². The van der Waals surface area contributed by atoms with E-state index >= 15 is 0 Å². The van der Waals surface area contributed by atoms with Gasteiger partial charge in [-0.1, -0.05) is 33.6 Å². The predicted octanol–water partition coefficient (Wildman–Crippen LogP) is 4.67. The second-order valence-corrected chi connectivity index (χ2v) is 14.5. The molecule has 3 heterocycles. The highest BCUT2D eigenvalue weighted by Gasteiger charge is 2.78. The van der Waals surface area contributed by atoms with Crippen LogP contribution in [-0.4, -0.2) is 70.3 Å². The van der Waals surface area contributed by atoms with Gasteiger partial charge in [-0.2, -0.15) is 0 Å². The second-order valence-electron chi connectivity index (χ2n) is 14.5. The first-order valence-electron chi connectivity index (χ1n) is 15.6. The molecule has 3 fully saturated rings. The molecule has 3 N–H and O–H groups in total. The molecular formula is C33H51N3O6. The Labute approximate surface area is 251 Å². The van der Waals surface area contributed by atoms with E-state index in [-0.39, 0.29) is 29.7 Å². The largest absolute Gasteiger partial charge is 0.494 e. The van der Waals surface area contributed by atoms with Crippen LogP contribution in [0.15, 0.2) is 24.3 Å². The topological polar surface area (TPSA) is 117 Å². The van der Waals surface area contributed by atoms with Crippen molar-refractivity contribution in [1.82, 2.24) is 10.2 Å². The smallest absolute Gasteiger partial charge is 0.246 e. The maximum absolute atomic E-state index is 14.3. The molecule has 42 heavy (non-hydrogen) atoms. The van der Waals surface area contributed by atoms with Crippen molar-refractivity contribution in [3.05, 3.63) is 24.3 Å². The number of nitrogens with zero attached hydrogens (tertiary/aromatic N) is 1. The van der Waals surface area contributed by atoms with Gasteiger partial charge in [0, 0.05) is 24.4 Å². The minimum Gasteiger partial charge on any atom is -0.494 e. The van der Waals surface area contributed by atoms with Gasteiger partial charge in [-0.05, 0) is 89.5 Å². The molecule has 9 nitrogen and oxygen atoms in total. The number of carbonyl (C=O) groups excluding carboxylic acids is 3. The van der Waals surface area contributed by atoms with Crippen LogP contribution in [0.3, 0.4) is 0 Å². The van der Waals surface area contributed by atoms with Crippen molar-refractivity contribution in [2.24, 2.45) is 17.3 Å². The predicted molar refractivity (Wildman–Crippen MR) is 162 cm³/mol. The zero-order valence-electron chi connectivity index (χ0n) is 26.5. The van der Waals surface area contributed by atoms with Gasteiger partial charge in [0.05, 0.1) is 24.0 Å². The fourth-order valence-electron chi connectivity index (χ4n) is 7.91. The van der Waals surface area contributed by atoms with Crippen LogP contribution in [0.4, 0.5) is 5.69 Å². The number of benzene rings is 1. The molecule has 1 aromatic rings. The maximum Gasteiger partial charge on any atom is 0.246 e. The van der Waals surface area contributed by atoms with Gasteiger partial charge in [0.15, 0.2) is 0 Å². The van der Waals surface area contributed by atoms with Crippen molar-refractivity contribution in [2.45, 2.75) is 116 Å². The van der Waals surface area contributed by atoms with E-state index < -0.39 is 34.6 Å². The number of nitrogens with one attached hydrogen (secondary N) is 2. The number of fused-ring (bicyclic) bond motifs is 1. The summed E-state index contributed by atoms with van der Waals surface area (Å²) in [6.45, 7) is 15.4. The fraction of sp³-hybridized carbons (Fsp3) is 0.727. The van der Waals surface area contributed by atoms with E-state index in [2.05, 4.69) is 31.4 Å². The molecule has 1 spiro atoms. The summed E-state index contributed by atoms with van der Waals surface area (Å²) in [4.78, 5) is 44.0. The number of likely N-dealkylation sites (tertiary alicyclic amines) is 1. The fourth-order valence-corrected chi connectivity index (χ4v) is 7.91. The zero-order valence-corrected chi connectivity index (χ0v) is 26.5. The molecule has 0 aliphatic carbocycles. The molecule has 5 atom stereocenters. The van der Waals surface area contributed by atoms with Crippen LogP contribution >= 0.6 is 0 Å². The Bertz CT molecular complexity index is 1150. The number of hydrogen-bond acceptors (Lipinski definition) is 6. The Hall–Kier alpha value is -2.65. The average molecular weight is 586 g/mol. The molecule has 2 bridgehead atoms. The quantitative estimate of drug-likeness (QED) is 0.290. The minimum atomic E-state index is -1.06. The van der Waals surface area contributed by atoms with Gasteiger partial charge in [0.1, 0.15) is 17.4 Å². The molecule has 3 aliphatic heterocycles. The van der Waals surface area contributed by atoms with Crippen LogP contribution < -0.4 is 15.4 Å². The first kappa shape index (κ1) is 32.3. The Balaban J connectivity index is 1.62. The van der Waals surface area contributed by atoms with Crippen molar-refractivity contribution in [1.29, 1.82) is 0 Å². The van der Waals surface area contributed by atoms with E-state index in [4.69, 9.17) is 9.47 Å². The number of anilines is 1. The average Bonchev–Trinajstić information content (AvgIpc) is 3.44. The van der Waals surface area contributed by atoms with E-state index in [0.717, 1.165) is 19.3 Å². The number of aliphatic hydroxyl groups excluding tert-OH is 1. The summed E-state index contributed by atoms with van der Waals surface area (Å²) in [5.41, 5.74) is -1.78. The molecule has 1 aromatic carbocycles. The van der Waals surface area contributed by atoms with Crippen molar-refractivity contribution in [3.63, 3.8) is 0 Å². The molecule has 2 unspecified atom stereocenters. The molecule has 4 rings (SSSR count). The first-order chi connectivity index (χ1) is 19.7. The van der Waals surface area contributed by atoms with E-state index in [1.54, 1.807) is 29.2 Å². The van der Waals surface area contributed by atoms with Gasteiger partial charge in [0.2, 0.25) is 17.7 Å². The number of carbonyl (C=O) groups is 3. The minimum absolute atomic E-state index is 0.00463. The number of unbranched alkanes of at least 4 members (excludes halogenated alkanes) is 3. The summed E-state index contributed by atoms with van der Waals surface area (Å²) >= 11 is 0. The summed E-state index contributed by atoms with van der Waals surface area (Å²) in [6, 6.07) is 6.38. The van der Waals surface area contributed by atoms with Crippen molar-refractivity contribution in [2.75, 3.05) is 25.1 Å². The second kappa shape index (κ2) is 12.2. The van der Waals surface area contributed by atoms with Gasteiger partial charge in [-0.15, -0.1) is 0 Å². The van der Waals surface area contributed by atoms with Gasteiger partial charge in [0.25, 0.3) is 0 Å². The van der Waals surface area contributed by atoms with Crippen LogP contribution in [-0.2, 0) is 19.1 Å². The molecule has 3 amide bonds. The third-order valence-corrected chi connectivity index (χ3v) is 8.98. The van der Waals surface area contributed by atoms with Crippen LogP contribution in [0.2, 0.25) is 0 Å². The van der Waals surface area contributed by atoms with Crippen molar-refractivity contribution < 1.29 is 29.0 Å². The standard InChI is InChI=1S/C33H51N3O6/c1-8-41-23-15-13-22(14-16-23)34-27(38)24-25-29(40)36(19-11-9-10-12-20-37)26(33(25)18-17-32(24,7)42-33)28(39)35-31(5,6)21-30(2,3)4/h13-16,24-26,37H,8-12,17-21H2,1-7H3,(H,34,38)(H,35,39)/t24-,25+,26?,32+,33?/m1/s1. The summed E-state index contributed by atoms with van der Waals surface area (Å²) < 4.78 is 12.3. The number of aliphatic hydroxyl groups is 1. The lowest BCUT2D eigenvalue weighted by Crippen LogP contribution is -2.59. The number of hydrogen-bond donors (Lipinski definition) is 3. The highest BCUT2D eigenvalue weighted by atomic mass is 16.5. The highest BCUT2D eigenvalue weighted by molar-refractivity contribution is 6.02. The van der Waals surface area contributed by atoms with Crippen LogP contribution in [0.5, 0.6) is 5.75 Å². The van der Waals surface area contributed by atoms with E-state index in [9.17, 15) is 19.5 Å². The molecule has 9 heteroatoms. The number of ether oxygens (including phenoxy) is 2. The van der Waals surface area contributed by atoms with Gasteiger partial charge in [-0.3, -0.25) is 14.4 Å². The van der Waals surface area contributed by atoms with Crippen LogP contribution in [0, 0.1) is 17.3 Å². The first-order valence-corrected chi connectivity index (χ1v) is 15.6.